The minimum atomic E-state index is -0.250. The van der Waals surface area contributed by atoms with Crippen molar-refractivity contribution in [1.29, 1.82) is 4.78 Å². The predicted octanol–water partition coefficient (Wildman–Crippen LogP) is 2.92. The van der Waals surface area contributed by atoms with E-state index >= 15 is 0 Å². The van der Waals surface area contributed by atoms with Gasteiger partial charge in [0.1, 0.15) is 0 Å². The van der Waals surface area contributed by atoms with Gasteiger partial charge in [0, 0.05) is 0 Å². The summed E-state index contributed by atoms with van der Waals surface area (Å²) in [7, 11) is 0. The van der Waals surface area contributed by atoms with Crippen LogP contribution in [-0.2, 0) is 11.5 Å². The summed E-state index contributed by atoms with van der Waals surface area (Å²) < 4.78 is 16.2. The third kappa shape index (κ3) is 2.83. The van der Waals surface area contributed by atoms with Crippen LogP contribution in [-0.4, -0.2) is 9.19 Å². The summed E-state index contributed by atoms with van der Waals surface area (Å²) in [5.41, 5.74) is 1.14. The first-order valence-corrected chi connectivity index (χ1v) is 5.28. The second-order valence-corrected chi connectivity index (χ2v) is 3.98. The molecular weight excluding hydrogens is 224 g/mol. The summed E-state index contributed by atoms with van der Waals surface area (Å²) >= 11 is 6.34. The molecule has 3 nitrogen and oxygen atoms in total. The molecule has 2 N–H and O–H groups in total. The van der Waals surface area contributed by atoms with E-state index < -0.39 is 0 Å². The molecule has 1 heterocycles. The van der Waals surface area contributed by atoms with Crippen LogP contribution >= 0.6 is 23.6 Å². The molecule has 0 saturated carbocycles. The highest BCUT2D eigenvalue weighted by Gasteiger charge is 1.91. The lowest BCUT2D eigenvalue weighted by Gasteiger charge is -1.81. The van der Waals surface area contributed by atoms with Gasteiger partial charge < -0.3 is 4.98 Å². The fourth-order valence-corrected chi connectivity index (χ4v) is 2.01. The molecule has 0 aliphatic heterocycles. The minimum absolute atomic E-state index is 0.250. The van der Waals surface area contributed by atoms with Crippen LogP contribution in [0.1, 0.15) is 0 Å². The largest absolute Gasteiger partial charge is 0.337 e. The average Bonchev–Trinajstić information content (AvgIpc) is 2.45. The summed E-state index contributed by atoms with van der Waals surface area (Å²) in [5.74, 6) is 0. The molecule has 0 bridgehead atoms. The molecule has 68 valence electrons. The van der Waals surface area contributed by atoms with Crippen LogP contribution in [0, 0.1) is 8.73 Å². The number of H-pyrrole nitrogens is 1. The van der Waals surface area contributed by atoms with Gasteiger partial charge in [0.05, 0.1) is 10.2 Å². The van der Waals surface area contributed by atoms with Crippen LogP contribution in [0.4, 0.5) is 0 Å². The van der Waals surface area contributed by atoms with Crippen LogP contribution in [0.5, 0.6) is 0 Å². The molecule has 0 aliphatic rings. The minimum Gasteiger partial charge on any atom is -0.337 e. The first-order valence-electron chi connectivity index (χ1n) is 3.31. The van der Waals surface area contributed by atoms with Crippen molar-refractivity contribution in [3.05, 3.63) is 28.2 Å². The Bertz CT molecular complexity index is 445. The fourth-order valence-electron chi connectivity index (χ4n) is 0.894. The van der Waals surface area contributed by atoms with Crippen LogP contribution in [0.25, 0.3) is 10.2 Å². The molecule has 2 rings (SSSR count). The molecule has 0 radical (unpaired) electrons. The number of para-hydroxylation sites is 1. The van der Waals surface area contributed by atoms with E-state index in [-0.39, 0.29) is 11.5 Å². The number of fused-ring (bicyclic) bond motifs is 1. The van der Waals surface area contributed by atoms with Crippen molar-refractivity contribution >= 4 is 45.2 Å². The van der Waals surface area contributed by atoms with Gasteiger partial charge in [0.25, 0.3) is 0 Å². The van der Waals surface area contributed by atoms with E-state index in [4.69, 9.17) is 21.2 Å². The lowest BCUT2D eigenvalue weighted by atomic mass is 10.3. The quantitative estimate of drug-likeness (QED) is 0.684. The van der Waals surface area contributed by atoms with Crippen molar-refractivity contribution in [1.82, 2.24) is 4.98 Å². The molecule has 0 unspecified atom stereocenters. The Kier molecular flexibility index (Phi) is 3.94. The number of thiazole rings is 1. The summed E-state index contributed by atoms with van der Waals surface area (Å²) in [4.78, 5) is 3.09. The molecule has 13 heavy (non-hydrogen) atoms. The Morgan fingerprint density at radius 2 is 2.08 bits per heavy atom. The van der Waals surface area contributed by atoms with E-state index in [2.05, 4.69) is 11.1 Å². The zero-order chi connectivity index (χ0) is 9.68. The van der Waals surface area contributed by atoms with Crippen molar-refractivity contribution in [3.63, 3.8) is 0 Å². The maximum atomic E-state index is 8.51. The number of hydrogen-bond donors (Lipinski definition) is 2. The highest BCUT2D eigenvalue weighted by Crippen LogP contribution is 2.17. The molecule has 0 spiro atoms. The topological polar surface area (TPSA) is 56.7 Å². The number of benzene rings is 1. The number of nitrogens with one attached hydrogen (secondary N) is 2. The lowest BCUT2D eigenvalue weighted by Crippen LogP contribution is -1.62. The van der Waals surface area contributed by atoms with Gasteiger partial charge in [-0.05, 0) is 24.4 Å². The predicted molar refractivity (Wildman–Crippen MR) is 57.9 cm³/mol. The van der Waals surface area contributed by atoms with E-state index in [1.165, 1.54) is 4.70 Å². The van der Waals surface area contributed by atoms with Gasteiger partial charge in [0.2, 0.25) is 0 Å². The number of hydrogen-bond acceptors (Lipinski definition) is 4. The highest BCUT2D eigenvalue weighted by molar-refractivity contribution is 7.73. The molecule has 2 aromatic rings. The third-order valence-corrected chi connectivity index (χ3v) is 2.54. The standard InChI is InChI=1S/C7H5NS2.HNOS/c9-7-8-5-3-1-2-4-6(5)10-7;1-3-2/h1-4H,(H,8,9);1H. The summed E-state index contributed by atoms with van der Waals surface area (Å²) in [6.07, 6.45) is 0. The lowest BCUT2D eigenvalue weighted by molar-refractivity contribution is 0.697. The Morgan fingerprint density at radius 1 is 1.46 bits per heavy atom. The van der Waals surface area contributed by atoms with Gasteiger partial charge in [-0.3, -0.25) is 0 Å². The van der Waals surface area contributed by atoms with E-state index in [1.54, 1.807) is 11.3 Å². The maximum absolute atomic E-state index is 8.51. The Morgan fingerprint density at radius 3 is 2.69 bits per heavy atom. The zero-order valence-corrected chi connectivity index (χ0v) is 8.89. The van der Waals surface area contributed by atoms with Gasteiger partial charge in [-0.1, -0.05) is 12.1 Å². The Labute approximate surface area is 87.5 Å². The van der Waals surface area contributed by atoms with Crippen molar-refractivity contribution in [2.45, 2.75) is 0 Å². The van der Waals surface area contributed by atoms with Gasteiger partial charge in [0.15, 0.2) is 15.4 Å². The van der Waals surface area contributed by atoms with E-state index in [9.17, 15) is 0 Å². The van der Waals surface area contributed by atoms with Gasteiger partial charge in [-0.2, -0.15) is 4.21 Å². The molecular formula is C7H6N2OS3. The second kappa shape index (κ2) is 5.00. The van der Waals surface area contributed by atoms with E-state index in [0.717, 1.165) is 9.47 Å². The summed E-state index contributed by atoms with van der Waals surface area (Å²) in [6, 6.07) is 8.11. The molecule has 0 atom stereocenters. The Hall–Kier alpha value is -0.850. The van der Waals surface area contributed by atoms with Crippen LogP contribution in [0.3, 0.4) is 0 Å². The molecule has 0 saturated heterocycles. The zero-order valence-electron chi connectivity index (χ0n) is 6.44. The van der Waals surface area contributed by atoms with Gasteiger partial charge >= 0.3 is 0 Å². The van der Waals surface area contributed by atoms with Gasteiger partial charge in [-0.25, -0.2) is 4.78 Å². The average molecular weight is 230 g/mol. The molecule has 0 amide bonds. The normalized spacial score (nSPS) is 8.92. The van der Waals surface area contributed by atoms with Crippen LogP contribution in [0.2, 0.25) is 0 Å². The smallest absolute Gasteiger partial charge is 0.196 e. The van der Waals surface area contributed by atoms with Gasteiger partial charge in [-0.15, -0.1) is 11.3 Å². The molecule has 0 fully saturated rings. The van der Waals surface area contributed by atoms with E-state index in [0.29, 0.717) is 0 Å². The molecule has 0 aliphatic carbocycles. The van der Waals surface area contributed by atoms with E-state index in [1.807, 2.05) is 18.2 Å². The third-order valence-electron chi connectivity index (χ3n) is 1.33. The second-order valence-electron chi connectivity index (χ2n) is 2.09. The molecule has 1 aromatic carbocycles. The fraction of sp³-hybridized carbons (Fsp3) is 0. The number of aromatic amines is 1. The van der Waals surface area contributed by atoms with Crippen LogP contribution < -0.4 is 0 Å². The summed E-state index contributed by atoms with van der Waals surface area (Å²) in [5, 5.41) is 0. The summed E-state index contributed by atoms with van der Waals surface area (Å²) in [6.45, 7) is 0. The monoisotopic (exact) mass is 230 g/mol. The molecule has 6 heteroatoms. The SMILES string of the molecule is N=S=O.S=c1[nH]c2ccccc2s1. The van der Waals surface area contributed by atoms with Crippen molar-refractivity contribution in [2.75, 3.05) is 0 Å². The van der Waals surface area contributed by atoms with Crippen molar-refractivity contribution in [3.8, 4) is 0 Å². The number of rotatable bonds is 0. The first kappa shape index (κ1) is 10.2. The first-order chi connectivity index (χ1) is 6.27. The van der Waals surface area contributed by atoms with Crippen LogP contribution in [0.15, 0.2) is 24.3 Å². The molecule has 1 aromatic heterocycles. The van der Waals surface area contributed by atoms with Crippen molar-refractivity contribution < 1.29 is 4.21 Å². The highest BCUT2D eigenvalue weighted by atomic mass is 32.1. The number of aromatic nitrogens is 1. The van der Waals surface area contributed by atoms with Crippen molar-refractivity contribution in [2.24, 2.45) is 0 Å². The maximum Gasteiger partial charge on any atom is 0.196 e. The Balaban J connectivity index is 0.000000251.